The van der Waals surface area contributed by atoms with Gasteiger partial charge in [0.1, 0.15) is 12.2 Å². The molecule has 11 aromatic rings. The summed E-state index contributed by atoms with van der Waals surface area (Å²) in [5, 5.41) is 59.2. The zero-order chi connectivity index (χ0) is 90.9. The molecule has 5 unspecified atom stereocenters. The number of carbonyl (C=O) groups is 8. The Hall–Kier alpha value is -3.25. The summed E-state index contributed by atoms with van der Waals surface area (Å²) in [6, 6.07) is 63.3. The van der Waals surface area contributed by atoms with Crippen LogP contribution in [0, 0.1) is 0 Å². The van der Waals surface area contributed by atoms with Crippen LogP contribution in [0.15, 0.2) is 231 Å². The fourth-order valence-electron chi connectivity index (χ4n) is 13.8. The number of nitrogens with zero attached hydrogens (tertiary/aromatic N) is 7. The maximum Gasteiger partial charge on any atom is 0.335 e. The van der Waals surface area contributed by atoms with Crippen LogP contribution in [-0.2, 0) is 27.2 Å². The van der Waals surface area contributed by atoms with Gasteiger partial charge >= 0.3 is 186 Å². The van der Waals surface area contributed by atoms with Gasteiger partial charge in [-0.15, -0.1) is 0 Å². The van der Waals surface area contributed by atoms with Crippen LogP contribution in [0.3, 0.4) is 0 Å². The Labute approximate surface area is 849 Å². The fraction of sp³-hybridized carbons (Fsp3) is 0.293. The van der Waals surface area contributed by atoms with Crippen LogP contribution in [0.25, 0.3) is 32.3 Å². The second-order valence-electron chi connectivity index (χ2n) is 28.7. The van der Waals surface area contributed by atoms with Crippen LogP contribution in [0.1, 0.15) is 170 Å². The summed E-state index contributed by atoms with van der Waals surface area (Å²) in [5.41, 5.74) is 13.2. The third kappa shape index (κ3) is 34.4. The average molecular weight is 3110 g/mol. The molecule has 694 valence electrons. The molecule has 0 bridgehead atoms. The number of Topliss-reactive ketones (excluding diaryl/α,β-unsaturated/α-hetero) is 2. The number of hydrogen-bond acceptors (Lipinski definition) is 20. The number of halogens is 12. The molecule has 0 spiro atoms. The van der Waals surface area contributed by atoms with Gasteiger partial charge in [-0.05, 0) is 125 Å². The fourth-order valence-corrected chi connectivity index (χ4v) is 223. The minimum Gasteiger partial charge on any atom is -0.478 e. The Kier molecular flexibility index (Phi) is 50.3. The molecule has 16 rings (SSSR count). The van der Waals surface area contributed by atoms with Crippen molar-refractivity contribution < 1.29 is 105 Å². The van der Waals surface area contributed by atoms with E-state index in [-0.39, 0.29) is 117 Å². The molecule has 0 radical (unpaired) electrons. The van der Waals surface area contributed by atoms with Gasteiger partial charge in [0.2, 0.25) is 0 Å². The Morgan fingerprint density at radius 2 is 0.783 bits per heavy atom. The van der Waals surface area contributed by atoms with Crippen molar-refractivity contribution in [3.8, 4) is 0 Å². The van der Waals surface area contributed by atoms with E-state index in [1.54, 1.807) is 124 Å². The zero-order valence-electron chi connectivity index (χ0n) is 67.9. The third-order valence-electron chi connectivity index (χ3n) is 20.7. The Morgan fingerprint density at radius 1 is 0.450 bits per heavy atom. The quantitative estimate of drug-likeness (QED) is 0.0188. The number of pyridine rings is 3. The molecule has 8 N–H and O–H groups in total. The number of fused-ring (bicyclic) bond motifs is 5. The summed E-state index contributed by atoms with van der Waals surface area (Å²) in [6.45, 7) is 7.69. The molecule has 5 aliphatic rings. The number of nitrogens with one attached hydrogen (secondary N) is 1. The van der Waals surface area contributed by atoms with Crippen LogP contribution >= 0.6 is 154 Å². The SMILES string of the molecule is C.C.I[I-]I(I)I.I[I-]I(I)I(I)I.NCC(O)c1cc2ccccc2cn1.O=C(CCC(O)C1Cc2ccccc2CN1)c1ccc(C(=O)N2CCOCC2)cc1.O=C(CCC(O)c1cc2ccccc2cn1)c1ccc(C(=O)N2CCOCC2)cc1.O=C(O)c1ccc(C(=O)N2CCOCC2)cc1.O=C1c2ccccc2C(=O)N1CC(O)c1cc2ccccc2cn1. The van der Waals surface area contributed by atoms with Crippen molar-refractivity contribution in [2.45, 2.75) is 84.0 Å². The second-order valence-corrected chi connectivity index (χ2v) is 207. The number of aromatic nitrogens is 3. The minimum atomic E-state index is -1.03. The minimum absolute atomic E-state index is 0. The van der Waals surface area contributed by atoms with Crippen molar-refractivity contribution >= 4 is 233 Å². The molecule has 5 atom stereocenters. The summed E-state index contributed by atoms with van der Waals surface area (Å²) in [5.74, 6) is -1.99. The zero-order valence-corrected chi connectivity index (χ0v) is 93.8. The number of carboxylic acid groups (broad SMARTS) is 1. The van der Waals surface area contributed by atoms with E-state index in [4.69, 9.17) is 25.1 Å². The number of β-amino-alcohol motifs (C(OH)–C–C–N with tert-alkyl or cyclic N) is 1. The number of morpholine rings is 3. The van der Waals surface area contributed by atoms with E-state index >= 15 is 0 Å². The normalized spacial score (nSPS) is 15.6. The molecule has 0 aliphatic carbocycles. The van der Waals surface area contributed by atoms with Crippen LogP contribution in [0.5, 0.6) is 0 Å². The Bertz CT molecular complexity index is 5460. The number of aliphatic hydroxyl groups excluding tert-OH is 4. The van der Waals surface area contributed by atoms with Gasteiger partial charge in [0.25, 0.3) is 29.5 Å². The van der Waals surface area contributed by atoms with Crippen molar-refractivity contribution in [2.24, 2.45) is 5.73 Å². The largest absolute Gasteiger partial charge is 0.478 e. The number of rotatable bonds is 22. The predicted molar refractivity (Wildman–Crippen MR) is 585 cm³/mol. The van der Waals surface area contributed by atoms with E-state index in [1.807, 2.05) is 97.1 Å². The van der Waals surface area contributed by atoms with Crippen molar-refractivity contribution in [3.63, 3.8) is 0 Å². The molecule has 8 aromatic carbocycles. The molecule has 0 saturated carbocycles. The van der Waals surface area contributed by atoms with Crippen LogP contribution in [-0.4, -0.2) is 211 Å². The maximum atomic E-state index is 12.6. The van der Waals surface area contributed by atoms with E-state index in [0.717, 1.165) is 50.2 Å². The molecule has 25 nitrogen and oxygen atoms in total. The van der Waals surface area contributed by atoms with Crippen molar-refractivity contribution in [2.75, 3.05) is 92.0 Å². The van der Waals surface area contributed by atoms with Gasteiger partial charge in [-0.1, -0.05) is 148 Å². The molecule has 129 heavy (non-hydrogen) atoms. The topological polar surface area (TPSA) is 355 Å². The average Bonchev–Trinajstić information content (AvgIpc) is 1.63. The first-order valence-electron chi connectivity index (χ1n) is 39.7. The number of benzene rings is 8. The summed E-state index contributed by atoms with van der Waals surface area (Å²) in [7, 11) is -0.736. The summed E-state index contributed by atoms with van der Waals surface area (Å²) < 4.78 is 15.7. The van der Waals surface area contributed by atoms with Gasteiger partial charge in [-0.2, -0.15) is 0 Å². The monoisotopic (exact) mass is 3110 g/mol. The predicted octanol–water partition coefficient (Wildman–Crippen LogP) is 14.4. The van der Waals surface area contributed by atoms with Gasteiger partial charge in [-0.25, -0.2) is 4.79 Å². The molecule has 37 heteroatoms. The summed E-state index contributed by atoms with van der Waals surface area (Å²) in [6.07, 6.45) is 4.03. The number of aromatic carboxylic acids is 1. The molecular weight excluding hydrogens is 3010 g/mol. The third-order valence-corrected chi connectivity index (χ3v) is 351. The van der Waals surface area contributed by atoms with Gasteiger partial charge in [0, 0.05) is 134 Å². The van der Waals surface area contributed by atoms with Crippen LogP contribution < -0.4 is 37.6 Å². The van der Waals surface area contributed by atoms with Gasteiger partial charge in [0.15, 0.2) is 11.6 Å². The number of ether oxygens (including phenoxy) is 3. The van der Waals surface area contributed by atoms with E-state index in [0.29, 0.717) is 174 Å². The van der Waals surface area contributed by atoms with Crippen molar-refractivity contribution in [1.29, 1.82) is 0 Å². The van der Waals surface area contributed by atoms with Crippen molar-refractivity contribution in [3.05, 3.63) is 304 Å². The first-order chi connectivity index (χ1) is 61.3. The Balaban J connectivity index is 0.000000196. The van der Waals surface area contributed by atoms with E-state index < -0.39 is 30.4 Å². The number of carboxylic acids is 1. The summed E-state index contributed by atoms with van der Waals surface area (Å²) >= 11 is 19.8. The van der Waals surface area contributed by atoms with Crippen LogP contribution in [0.4, 0.5) is 0 Å². The Morgan fingerprint density at radius 3 is 1.14 bits per heavy atom. The van der Waals surface area contributed by atoms with Crippen molar-refractivity contribution in [1.82, 2.24) is 39.9 Å². The van der Waals surface area contributed by atoms with E-state index in [2.05, 4.69) is 163 Å². The first-order valence-corrected chi connectivity index (χ1v) is 103. The number of aliphatic hydroxyl groups is 4. The molecule has 3 saturated heterocycles. The smallest absolute Gasteiger partial charge is 0.335 e. The molecule has 3 aromatic heterocycles. The number of amides is 5. The van der Waals surface area contributed by atoms with E-state index in [1.165, 1.54) is 23.3 Å². The first kappa shape index (κ1) is 111. The number of nitrogens with two attached hydrogens (primary N) is 1. The van der Waals surface area contributed by atoms with Gasteiger partial charge in [0.05, 0.1) is 92.2 Å². The molecule has 5 amide bonds. The number of imide groups is 1. The van der Waals surface area contributed by atoms with Crippen LogP contribution in [0.2, 0.25) is 0 Å². The standard InChI is InChI=1S/C24H28N2O4.C24H24N2O4.C19H14N2O3.C12H13NO4.C11H12N2O.2CH4.I7.I5/c2*27-22(9-10-23(28)21-15-19-3-1-2-4-20(19)16-25-21)17-5-7-18(8-6-17)24(29)26-11-13-30-14-12-26;22-17(16-9-12-5-1-2-6-13(12)10-20-16)11-21-18(23)14-7-3-4-8-15(14)19(21)24;14-11(13-5-7-17-8-6-13)9-1-3-10(4-2-9)12(15)16;12-6-11(14)10-5-8-3-1-2-4-9(8)7-13-10;;;1-5-7(4)6(2)3;1-4-5(2)3/h1-8,21,23,25,28H,9-16H2;1-8,15-16,23,28H,9-14H2;1-10,17,22H,11H2;1-4H,5-8H2,(H,15,16);1-5,7,11,14H,6,12H2;2*1H4;;/q;;;;;;;2*-1. The molecular formula is C92H99I12N9O16-2. The van der Waals surface area contributed by atoms with E-state index in [9.17, 15) is 58.8 Å². The number of ketones is 2. The van der Waals surface area contributed by atoms with Gasteiger partial charge < -0.3 is 65.5 Å². The number of carbonyl (C=O) groups excluding carboxylic acids is 7. The molecule has 3 fully saturated rings. The summed E-state index contributed by atoms with van der Waals surface area (Å²) in [4.78, 5) is 117. The maximum absolute atomic E-state index is 12.6. The molecule has 8 heterocycles. The second kappa shape index (κ2) is 58.5. The molecule has 5 aliphatic heterocycles. The number of hydrogen-bond donors (Lipinski definition) is 7. The van der Waals surface area contributed by atoms with Gasteiger partial charge in [-0.3, -0.25) is 53.4 Å².